The first kappa shape index (κ1) is 16.2. The Bertz CT molecular complexity index is 629. The van der Waals surface area contributed by atoms with Crippen LogP contribution < -0.4 is 10.0 Å². The Kier molecular flexibility index (Phi) is 5.15. The maximum Gasteiger partial charge on any atom is 0.290 e. The summed E-state index contributed by atoms with van der Waals surface area (Å²) >= 11 is 5.68. The van der Waals surface area contributed by atoms with Gasteiger partial charge in [-0.1, -0.05) is 18.0 Å². The van der Waals surface area contributed by atoms with Gasteiger partial charge in [-0.05, 0) is 31.5 Å². The Morgan fingerprint density at radius 1 is 1.43 bits per heavy atom. The molecule has 0 radical (unpaired) electrons. The van der Waals surface area contributed by atoms with E-state index in [1.807, 2.05) is 0 Å². The molecule has 1 aliphatic rings. The van der Waals surface area contributed by atoms with Crippen LogP contribution in [0.2, 0.25) is 5.02 Å². The molecule has 2 rings (SSSR count). The Morgan fingerprint density at radius 3 is 2.81 bits per heavy atom. The normalized spacial score (nSPS) is 19.4. The van der Waals surface area contributed by atoms with Crippen molar-refractivity contribution in [2.45, 2.75) is 30.2 Å². The molecule has 1 atom stereocenters. The van der Waals surface area contributed by atoms with E-state index in [4.69, 9.17) is 11.6 Å². The lowest BCUT2D eigenvalue weighted by molar-refractivity contribution is -0.387. The summed E-state index contributed by atoms with van der Waals surface area (Å²) in [6.45, 7) is 1.07. The van der Waals surface area contributed by atoms with Gasteiger partial charge in [-0.2, -0.15) is 0 Å². The number of hydrogen-bond donors (Lipinski definition) is 2. The van der Waals surface area contributed by atoms with Crippen LogP contribution in [0, 0.1) is 10.1 Å². The maximum absolute atomic E-state index is 12.2. The fourth-order valence-corrected chi connectivity index (χ4v) is 3.65. The van der Waals surface area contributed by atoms with Gasteiger partial charge in [0.05, 0.1) is 4.92 Å². The molecule has 0 saturated carbocycles. The highest BCUT2D eigenvalue weighted by Gasteiger charge is 2.26. The van der Waals surface area contributed by atoms with Crippen LogP contribution in [0.25, 0.3) is 0 Å². The number of nitro benzene ring substituents is 1. The fourth-order valence-electron chi connectivity index (χ4n) is 2.25. The molecule has 1 saturated heterocycles. The van der Waals surface area contributed by atoms with Gasteiger partial charge in [0.1, 0.15) is 0 Å². The molecular formula is C12H16ClN3O4S. The van der Waals surface area contributed by atoms with E-state index in [0.717, 1.165) is 37.9 Å². The number of benzene rings is 1. The number of rotatable bonds is 5. The van der Waals surface area contributed by atoms with Crippen molar-refractivity contribution in [3.05, 3.63) is 33.3 Å². The molecule has 0 aromatic heterocycles. The summed E-state index contributed by atoms with van der Waals surface area (Å²) in [7, 11) is -3.94. The van der Waals surface area contributed by atoms with E-state index < -0.39 is 20.6 Å². The van der Waals surface area contributed by atoms with Crippen LogP contribution in [-0.4, -0.2) is 32.5 Å². The van der Waals surface area contributed by atoms with Crippen molar-refractivity contribution in [1.82, 2.24) is 10.0 Å². The number of hydrogen-bond acceptors (Lipinski definition) is 5. The van der Waals surface area contributed by atoms with Crippen molar-refractivity contribution >= 4 is 27.3 Å². The molecule has 1 aromatic rings. The van der Waals surface area contributed by atoms with E-state index in [1.165, 1.54) is 6.07 Å². The average Bonchev–Trinajstić information content (AvgIpc) is 2.46. The molecule has 9 heteroatoms. The average molecular weight is 334 g/mol. The minimum Gasteiger partial charge on any atom is -0.313 e. The largest absolute Gasteiger partial charge is 0.313 e. The quantitative estimate of drug-likeness (QED) is 0.630. The SMILES string of the molecule is O=[N+]([O-])c1cc(Cl)ccc1S(=O)(=O)NCC1CCCCN1. The maximum atomic E-state index is 12.2. The van der Waals surface area contributed by atoms with Gasteiger partial charge in [-0.15, -0.1) is 0 Å². The van der Waals surface area contributed by atoms with Crippen LogP contribution in [0.15, 0.2) is 23.1 Å². The minimum atomic E-state index is -3.94. The topological polar surface area (TPSA) is 101 Å². The number of halogens is 1. The van der Waals surface area contributed by atoms with Gasteiger partial charge in [0.15, 0.2) is 4.90 Å². The molecule has 1 unspecified atom stereocenters. The Labute approximate surface area is 127 Å². The highest BCUT2D eigenvalue weighted by molar-refractivity contribution is 7.89. The molecule has 21 heavy (non-hydrogen) atoms. The summed E-state index contributed by atoms with van der Waals surface area (Å²) in [6.07, 6.45) is 3.00. The standard InChI is InChI=1S/C12H16ClN3O4S/c13-9-4-5-12(11(7-9)16(17)18)21(19,20)15-8-10-3-1-2-6-14-10/h4-5,7,10,14-15H,1-3,6,8H2. The summed E-state index contributed by atoms with van der Waals surface area (Å²) < 4.78 is 26.9. The van der Waals surface area contributed by atoms with Gasteiger partial charge in [0.25, 0.3) is 5.69 Å². The van der Waals surface area contributed by atoms with E-state index in [2.05, 4.69) is 10.0 Å². The highest BCUT2D eigenvalue weighted by Crippen LogP contribution is 2.27. The molecule has 0 bridgehead atoms. The zero-order chi connectivity index (χ0) is 15.5. The Morgan fingerprint density at radius 2 is 2.19 bits per heavy atom. The van der Waals surface area contributed by atoms with Crippen molar-refractivity contribution in [2.24, 2.45) is 0 Å². The van der Waals surface area contributed by atoms with Gasteiger partial charge < -0.3 is 5.32 Å². The highest BCUT2D eigenvalue weighted by atomic mass is 35.5. The number of nitrogens with one attached hydrogen (secondary N) is 2. The smallest absolute Gasteiger partial charge is 0.290 e. The number of nitro groups is 1. The van der Waals surface area contributed by atoms with Crippen molar-refractivity contribution in [3.8, 4) is 0 Å². The van der Waals surface area contributed by atoms with Crippen molar-refractivity contribution < 1.29 is 13.3 Å². The minimum absolute atomic E-state index is 0.0554. The molecule has 0 aliphatic carbocycles. The molecule has 1 aliphatic heterocycles. The third-order valence-electron chi connectivity index (χ3n) is 3.34. The molecule has 0 amide bonds. The van der Waals surface area contributed by atoms with Gasteiger partial charge in [0, 0.05) is 23.7 Å². The van der Waals surface area contributed by atoms with Crippen LogP contribution in [-0.2, 0) is 10.0 Å². The monoisotopic (exact) mass is 333 g/mol. The summed E-state index contributed by atoms with van der Waals surface area (Å²) in [6, 6.07) is 3.56. The van der Waals surface area contributed by atoms with Crippen LogP contribution >= 0.6 is 11.6 Å². The first-order valence-corrected chi connectivity index (χ1v) is 8.43. The first-order chi connectivity index (χ1) is 9.90. The second-order valence-corrected chi connectivity index (χ2v) is 7.04. The second kappa shape index (κ2) is 6.69. The van der Waals surface area contributed by atoms with Gasteiger partial charge in [-0.25, -0.2) is 13.1 Å². The van der Waals surface area contributed by atoms with E-state index in [-0.39, 0.29) is 22.5 Å². The van der Waals surface area contributed by atoms with Crippen LogP contribution in [0.4, 0.5) is 5.69 Å². The molecular weight excluding hydrogens is 318 g/mol. The molecule has 2 N–H and O–H groups in total. The second-order valence-electron chi connectivity index (χ2n) is 4.87. The van der Waals surface area contributed by atoms with Crippen LogP contribution in [0.1, 0.15) is 19.3 Å². The van der Waals surface area contributed by atoms with E-state index in [1.54, 1.807) is 0 Å². The van der Waals surface area contributed by atoms with Crippen LogP contribution in [0.3, 0.4) is 0 Å². The fraction of sp³-hybridized carbons (Fsp3) is 0.500. The zero-order valence-corrected chi connectivity index (χ0v) is 12.8. The molecule has 7 nitrogen and oxygen atoms in total. The summed E-state index contributed by atoms with van der Waals surface area (Å²) in [5.41, 5.74) is -0.522. The summed E-state index contributed by atoms with van der Waals surface area (Å²) in [5.74, 6) is 0. The van der Waals surface area contributed by atoms with E-state index in [0.29, 0.717) is 0 Å². The number of sulfonamides is 1. The molecule has 116 valence electrons. The Hall–Kier alpha value is -1.22. The predicted molar refractivity (Wildman–Crippen MR) is 78.9 cm³/mol. The lowest BCUT2D eigenvalue weighted by atomic mass is 10.1. The van der Waals surface area contributed by atoms with Crippen molar-refractivity contribution in [1.29, 1.82) is 0 Å². The predicted octanol–water partition coefficient (Wildman–Crippen LogP) is 1.67. The van der Waals surface area contributed by atoms with Gasteiger partial charge in [-0.3, -0.25) is 10.1 Å². The van der Waals surface area contributed by atoms with E-state index >= 15 is 0 Å². The molecule has 0 spiro atoms. The first-order valence-electron chi connectivity index (χ1n) is 6.57. The summed E-state index contributed by atoms with van der Waals surface area (Å²) in [4.78, 5) is 9.85. The third-order valence-corrected chi connectivity index (χ3v) is 5.05. The van der Waals surface area contributed by atoms with Crippen molar-refractivity contribution in [3.63, 3.8) is 0 Å². The van der Waals surface area contributed by atoms with Gasteiger partial charge >= 0.3 is 0 Å². The lowest BCUT2D eigenvalue weighted by Gasteiger charge is -2.23. The zero-order valence-electron chi connectivity index (χ0n) is 11.2. The molecule has 1 heterocycles. The number of piperidine rings is 1. The third kappa shape index (κ3) is 4.13. The van der Waals surface area contributed by atoms with Gasteiger partial charge in [0.2, 0.25) is 10.0 Å². The lowest BCUT2D eigenvalue weighted by Crippen LogP contribution is -2.43. The Balaban J connectivity index is 2.17. The summed E-state index contributed by atoms with van der Waals surface area (Å²) in [5, 5.41) is 14.3. The molecule has 1 fully saturated rings. The van der Waals surface area contributed by atoms with E-state index in [9.17, 15) is 18.5 Å². The van der Waals surface area contributed by atoms with Crippen LogP contribution in [0.5, 0.6) is 0 Å². The number of nitrogens with zero attached hydrogens (tertiary/aromatic N) is 1. The van der Waals surface area contributed by atoms with Crippen molar-refractivity contribution in [2.75, 3.05) is 13.1 Å². The molecule has 1 aromatic carbocycles.